The first-order valence-electron chi connectivity index (χ1n) is 19.0. The second-order valence-corrected chi connectivity index (χ2v) is 13.6. The van der Waals surface area contributed by atoms with Crippen molar-refractivity contribution in [1.82, 2.24) is 25.4 Å². The van der Waals surface area contributed by atoms with Gasteiger partial charge in [0.2, 0.25) is 11.8 Å². The van der Waals surface area contributed by atoms with Crippen molar-refractivity contribution in [3.63, 3.8) is 0 Å². The summed E-state index contributed by atoms with van der Waals surface area (Å²) >= 11 is 0. The van der Waals surface area contributed by atoms with Crippen LogP contribution in [0.3, 0.4) is 0 Å². The van der Waals surface area contributed by atoms with E-state index in [0.717, 1.165) is 32.7 Å². The molecule has 1 aromatic heterocycles. The number of fused-ring (bicyclic) bond motifs is 3. The molecule has 2 atom stereocenters. The maximum Gasteiger partial charge on any atom is 0.408 e. The van der Waals surface area contributed by atoms with Crippen molar-refractivity contribution in [2.75, 3.05) is 32.9 Å². The van der Waals surface area contributed by atoms with Gasteiger partial charge in [-0.1, -0.05) is 84.9 Å². The van der Waals surface area contributed by atoms with Crippen LogP contribution in [-0.4, -0.2) is 101 Å². The lowest BCUT2D eigenvalue weighted by Gasteiger charge is -2.39. The van der Waals surface area contributed by atoms with E-state index in [-0.39, 0.29) is 32.2 Å². The van der Waals surface area contributed by atoms with Crippen molar-refractivity contribution in [1.29, 1.82) is 0 Å². The lowest BCUT2D eigenvalue weighted by molar-refractivity contribution is -0.165. The number of hydrogen-bond acceptors (Lipinski definition) is 8. The van der Waals surface area contributed by atoms with E-state index in [2.05, 4.69) is 15.6 Å². The van der Waals surface area contributed by atoms with Crippen LogP contribution in [0.2, 0.25) is 0 Å². The number of rotatable bonds is 19. The van der Waals surface area contributed by atoms with Crippen LogP contribution in [0, 0.1) is 0 Å². The molecule has 3 aromatic carbocycles. The Balaban J connectivity index is 1.50. The van der Waals surface area contributed by atoms with Gasteiger partial charge in [-0.2, -0.15) is 0 Å². The van der Waals surface area contributed by atoms with Gasteiger partial charge in [-0.05, 0) is 73.6 Å². The topological polar surface area (TPSA) is 160 Å². The van der Waals surface area contributed by atoms with E-state index in [0.29, 0.717) is 25.2 Å². The first kappa shape index (κ1) is 41.4. The Hall–Kier alpha value is -5.79. The molecule has 5 rings (SSSR count). The molecule has 0 fully saturated rings. The normalized spacial score (nSPS) is 13.0. The minimum absolute atomic E-state index is 0.0617. The van der Waals surface area contributed by atoms with E-state index in [1.165, 1.54) is 4.90 Å². The highest BCUT2D eigenvalue weighted by Crippen LogP contribution is 2.44. The number of ether oxygens (including phenoxy) is 3. The number of aromatic nitrogens is 1. The molecule has 13 nitrogen and oxygen atoms in total. The molecule has 0 bridgehead atoms. The second kappa shape index (κ2) is 20.2. The molecule has 0 saturated carbocycles. The van der Waals surface area contributed by atoms with Gasteiger partial charge in [-0.3, -0.25) is 19.5 Å². The van der Waals surface area contributed by atoms with Crippen LogP contribution in [0.5, 0.6) is 0 Å². The van der Waals surface area contributed by atoms with Gasteiger partial charge >= 0.3 is 12.2 Å². The number of nitrogens with zero attached hydrogens (tertiary/aromatic N) is 3. The van der Waals surface area contributed by atoms with E-state index >= 15 is 0 Å². The van der Waals surface area contributed by atoms with Gasteiger partial charge in [0.05, 0.1) is 6.54 Å². The molecule has 0 aliphatic heterocycles. The fraction of sp³-hybridized carbons (Fsp3) is 0.372. The number of pyridine rings is 1. The largest absolute Gasteiger partial charge is 0.465 e. The van der Waals surface area contributed by atoms with Crippen LogP contribution >= 0.6 is 0 Å². The maximum absolute atomic E-state index is 15.0. The van der Waals surface area contributed by atoms with E-state index in [9.17, 15) is 24.3 Å². The molecule has 0 radical (unpaired) electrons. The van der Waals surface area contributed by atoms with Crippen LogP contribution in [0.4, 0.5) is 9.59 Å². The lowest BCUT2D eigenvalue weighted by atomic mass is 9.98. The number of alkyl carbamates (subject to hydrolysis) is 1. The minimum atomic E-state index is -1.74. The third-order valence-electron chi connectivity index (χ3n) is 9.64. The van der Waals surface area contributed by atoms with Crippen LogP contribution < -0.4 is 10.6 Å². The molecule has 4 aromatic rings. The predicted molar refractivity (Wildman–Crippen MR) is 211 cm³/mol. The van der Waals surface area contributed by atoms with Crippen molar-refractivity contribution in [2.24, 2.45) is 0 Å². The SMILES string of the molecule is CCOC(CN(C(=O)C(C(NC(=O)OCC1c2ccccc2-c2ccccc21)C(=O)NCCc1cccnc1)N(Cc1ccccc1)C(=O)O)C(C)C)OCC. The highest BCUT2D eigenvalue weighted by Gasteiger charge is 2.45. The zero-order chi connectivity index (χ0) is 40.0. The van der Waals surface area contributed by atoms with Crippen LogP contribution in [-0.2, 0) is 36.8 Å². The second-order valence-electron chi connectivity index (χ2n) is 13.6. The molecular formula is C43H51N5O8. The Morgan fingerprint density at radius 3 is 1.98 bits per heavy atom. The zero-order valence-corrected chi connectivity index (χ0v) is 32.3. The van der Waals surface area contributed by atoms with E-state index < -0.39 is 48.4 Å². The molecule has 2 unspecified atom stereocenters. The fourth-order valence-corrected chi connectivity index (χ4v) is 6.97. The van der Waals surface area contributed by atoms with Gasteiger partial charge in [0.1, 0.15) is 18.7 Å². The zero-order valence-electron chi connectivity index (χ0n) is 32.3. The van der Waals surface area contributed by atoms with Gasteiger partial charge in [-0.25, -0.2) is 9.59 Å². The summed E-state index contributed by atoms with van der Waals surface area (Å²) in [6.45, 7) is 7.47. The summed E-state index contributed by atoms with van der Waals surface area (Å²) in [4.78, 5) is 62.9. The Bertz CT molecular complexity index is 1860. The monoisotopic (exact) mass is 765 g/mol. The van der Waals surface area contributed by atoms with Crippen molar-refractivity contribution in [3.8, 4) is 11.1 Å². The van der Waals surface area contributed by atoms with Gasteiger partial charge < -0.3 is 34.9 Å². The fourth-order valence-electron chi connectivity index (χ4n) is 6.97. The average Bonchev–Trinajstić information content (AvgIpc) is 3.52. The average molecular weight is 766 g/mol. The number of carboxylic acid groups (broad SMARTS) is 1. The minimum Gasteiger partial charge on any atom is -0.465 e. The van der Waals surface area contributed by atoms with Crippen molar-refractivity contribution < 1.29 is 38.5 Å². The van der Waals surface area contributed by atoms with Crippen LogP contribution in [0.1, 0.15) is 55.9 Å². The lowest BCUT2D eigenvalue weighted by Crippen LogP contribution is -2.66. The van der Waals surface area contributed by atoms with Gasteiger partial charge in [-0.15, -0.1) is 0 Å². The number of hydrogen-bond donors (Lipinski definition) is 3. The molecule has 0 spiro atoms. The molecular weight excluding hydrogens is 715 g/mol. The van der Waals surface area contributed by atoms with E-state index in [1.807, 2.05) is 54.6 Å². The Labute approximate surface area is 328 Å². The number of nitrogens with one attached hydrogen (secondary N) is 2. The van der Waals surface area contributed by atoms with Gasteiger partial charge in [0.25, 0.3) is 0 Å². The van der Waals surface area contributed by atoms with Crippen molar-refractivity contribution in [3.05, 3.63) is 126 Å². The van der Waals surface area contributed by atoms with Crippen LogP contribution in [0.25, 0.3) is 11.1 Å². The maximum atomic E-state index is 15.0. The third-order valence-corrected chi connectivity index (χ3v) is 9.64. The molecule has 4 amide bonds. The summed E-state index contributed by atoms with van der Waals surface area (Å²) in [5.74, 6) is -1.78. The molecule has 1 aliphatic rings. The first-order chi connectivity index (χ1) is 27.1. The van der Waals surface area contributed by atoms with Crippen molar-refractivity contribution >= 4 is 24.0 Å². The highest BCUT2D eigenvalue weighted by atomic mass is 16.7. The molecule has 3 N–H and O–H groups in total. The van der Waals surface area contributed by atoms with Gasteiger partial charge in [0, 0.05) is 50.7 Å². The molecule has 1 heterocycles. The first-order valence-corrected chi connectivity index (χ1v) is 19.0. The molecule has 296 valence electrons. The summed E-state index contributed by atoms with van der Waals surface area (Å²) in [6, 6.07) is 24.2. The molecule has 13 heteroatoms. The third kappa shape index (κ3) is 10.5. The quantitative estimate of drug-likeness (QED) is 0.0999. The standard InChI is InChI=1S/C43H51N5O8/c1-5-54-37(55-6-2)27-47(29(3)4)41(50)39(48(43(52)53)26-31-15-8-7-9-16-31)38(40(49)45-24-22-30-17-14-23-44-25-30)46-42(51)56-28-36-34-20-12-10-18-32(34)33-19-11-13-21-35(33)36/h7-21,23,25,29,36-39H,5-6,22,24,26-28H2,1-4H3,(H,45,49)(H,46,51)(H,52,53). The van der Waals surface area contributed by atoms with E-state index in [1.54, 1.807) is 76.5 Å². The summed E-state index contributed by atoms with van der Waals surface area (Å²) in [5.41, 5.74) is 5.48. The summed E-state index contributed by atoms with van der Waals surface area (Å²) < 4.78 is 17.4. The summed E-state index contributed by atoms with van der Waals surface area (Å²) in [7, 11) is 0. The van der Waals surface area contributed by atoms with Gasteiger partial charge in [0.15, 0.2) is 6.29 Å². The predicted octanol–water partition coefficient (Wildman–Crippen LogP) is 5.83. The number of benzene rings is 3. The van der Waals surface area contributed by atoms with E-state index in [4.69, 9.17) is 14.2 Å². The molecule has 0 saturated heterocycles. The molecule has 56 heavy (non-hydrogen) atoms. The summed E-state index contributed by atoms with van der Waals surface area (Å²) in [5, 5.41) is 16.2. The smallest absolute Gasteiger partial charge is 0.408 e. The number of amides is 4. The Morgan fingerprint density at radius 1 is 0.804 bits per heavy atom. The number of carbonyl (C=O) groups is 4. The Kier molecular flexibility index (Phi) is 14.9. The Morgan fingerprint density at radius 2 is 1.41 bits per heavy atom. The molecule has 1 aliphatic carbocycles. The highest BCUT2D eigenvalue weighted by molar-refractivity contribution is 5.96. The summed E-state index contributed by atoms with van der Waals surface area (Å²) in [6.07, 6.45) is 0.424. The number of carbonyl (C=O) groups excluding carboxylic acids is 3. The van der Waals surface area contributed by atoms with Crippen LogP contribution in [0.15, 0.2) is 103 Å². The van der Waals surface area contributed by atoms with Crippen molar-refractivity contribution in [2.45, 2.75) is 71.0 Å².